The van der Waals surface area contributed by atoms with E-state index in [1.165, 1.54) is 171 Å². The van der Waals surface area contributed by atoms with Crippen molar-refractivity contribution in [2.75, 3.05) is 0 Å². The van der Waals surface area contributed by atoms with Crippen LogP contribution in [-0.2, 0) is 0 Å². The fourth-order valence-corrected chi connectivity index (χ4v) is 14.2. The van der Waals surface area contributed by atoms with E-state index in [2.05, 4.69) is 369 Å². The molecule has 0 nitrogen and oxygen atoms in total. The van der Waals surface area contributed by atoms with Crippen LogP contribution >= 0.6 is 0 Å². The van der Waals surface area contributed by atoms with Gasteiger partial charge >= 0.3 is 0 Å². The van der Waals surface area contributed by atoms with Crippen LogP contribution in [0.3, 0.4) is 0 Å². The molecule has 3 aliphatic carbocycles. The minimum atomic E-state index is 0.338. The first kappa shape index (κ1) is 121. The van der Waals surface area contributed by atoms with E-state index in [9.17, 15) is 0 Å². The summed E-state index contributed by atoms with van der Waals surface area (Å²) in [6.45, 7) is 115. The van der Waals surface area contributed by atoms with E-state index in [0.717, 1.165) is 118 Å². The monoisotopic (exact) mass is 1540 g/mol. The number of hydrogen-bond acceptors (Lipinski definition) is 0. The molecule has 0 amide bonds. The number of hydrogen-bond donors (Lipinski definition) is 0. The topological polar surface area (TPSA) is 0 Å². The normalized spacial score (nSPS) is 18.7. The van der Waals surface area contributed by atoms with Gasteiger partial charge in [0.1, 0.15) is 0 Å². The summed E-state index contributed by atoms with van der Waals surface area (Å²) < 4.78 is 0. The highest BCUT2D eigenvalue weighted by molar-refractivity contribution is 5.11. The molecule has 0 aromatic carbocycles. The third-order valence-corrected chi connectivity index (χ3v) is 25.0. The zero-order valence-electron chi connectivity index (χ0n) is 85.8. The van der Waals surface area contributed by atoms with Gasteiger partial charge in [0.2, 0.25) is 0 Å². The standard InChI is InChI=1S/4C12H24.3C11H22.2C10H20.C9H16/c1-6-10-11(12(10,4)5)8-7-9(2)3;1-6-7-12(11(4)5)9-8-10(2)3;2*1-6-11(5)12(7-2)9-8-10(3)4;1-9(2)7-8-11(5,6)10(3)4;1-7-11(5,6)10(4)8-9(2)3;1-6-11(10(4)5)8-7-9(2)3;1-7(2)5-9-6-10(9)8(3)4;1-6-9(4)10(5)7-8(2)3;1-7(2)4-5-9-6-8(9)3/h9-11H,6-8H2,1-5H3;2*7,10-11H,6,8-9H2,1-5H3;6,10,12H,7-9H2,1-5H3;9H,3,7-8H2,1-2,4-6H3;9H,4,7-8H2,1-3,5-6H3;9H,6-8H2,1-5H3;7-10H,5-6H2,1-4H3;8H,6-7H2,1-5H3;4-5,7-9H,6H2,1-3H3/b;2*12-7-;11-6+;;;;;10-9-;5-4+/t10-,11+;;;;;;;9-,10?;;/m0......0../s1. The summed E-state index contributed by atoms with van der Waals surface area (Å²) in [5.74, 6) is 17.7. The molecule has 0 bridgehead atoms. The first-order chi connectivity index (χ1) is 50.5. The maximum Gasteiger partial charge on any atom is -0.0150 e. The van der Waals surface area contributed by atoms with E-state index in [1.807, 2.05) is 0 Å². The molecular weight excluding hydrogens is 1320 g/mol. The van der Waals surface area contributed by atoms with Crippen LogP contribution in [0.25, 0.3) is 0 Å². The Morgan fingerprint density at radius 3 is 1.25 bits per heavy atom. The van der Waals surface area contributed by atoms with E-state index < -0.39 is 0 Å². The smallest absolute Gasteiger partial charge is 0.0150 e. The van der Waals surface area contributed by atoms with Crippen LogP contribution in [0.5, 0.6) is 0 Å². The van der Waals surface area contributed by atoms with Gasteiger partial charge in [-0.2, -0.15) is 0 Å². The third-order valence-electron chi connectivity index (χ3n) is 25.0. The van der Waals surface area contributed by atoms with E-state index in [-0.39, 0.29) is 0 Å². The number of allylic oxidation sites excluding steroid dienone is 14. The molecule has 110 heavy (non-hydrogen) atoms. The molecule has 0 spiro atoms. The van der Waals surface area contributed by atoms with Gasteiger partial charge in [-0.25, -0.2) is 0 Å². The second-order valence-electron chi connectivity index (χ2n) is 42.4. The lowest BCUT2D eigenvalue weighted by Gasteiger charge is -2.26. The van der Waals surface area contributed by atoms with Crippen molar-refractivity contribution in [2.24, 2.45) is 135 Å². The number of rotatable bonds is 39. The lowest BCUT2D eigenvalue weighted by molar-refractivity contribution is 0.363. The van der Waals surface area contributed by atoms with Gasteiger partial charge in [-0.15, -0.1) is 0 Å². The van der Waals surface area contributed by atoms with Gasteiger partial charge < -0.3 is 0 Å². The SMILES string of the molecule is C/C=C(/CCC(C)C)C(C)CC.C/C=C(\C)C(CC)CCC(C)C.C=C(C)C(C)(C)CCC(C)C.C=C(CC(C)C)C(C)(C)CC.CC(C)/C=C/C1CC1C.CC(C)C[C@H]1CC1C(C)C.CC/C(C)=C(/C)CC(C)C.CC/C=C(/CCC(C)C)C(C)C.CCC(CCC(C)C)=C(C)C.CC[C@H]1[C@@H](CCC(C)C)C1(C)C. The highest BCUT2D eigenvalue weighted by Gasteiger charge is 2.55. The van der Waals surface area contributed by atoms with E-state index in [0.29, 0.717) is 16.2 Å². The van der Waals surface area contributed by atoms with Gasteiger partial charge in [-0.05, 0) is 318 Å². The minimum Gasteiger partial charge on any atom is -0.0996 e. The molecule has 0 saturated heterocycles. The Labute approximate surface area is 703 Å². The molecule has 0 heteroatoms. The lowest BCUT2D eigenvalue weighted by Crippen LogP contribution is -2.13. The van der Waals surface area contributed by atoms with Gasteiger partial charge in [0.25, 0.3) is 0 Å². The summed E-state index contributed by atoms with van der Waals surface area (Å²) >= 11 is 0. The highest BCUT2D eigenvalue weighted by atomic mass is 14.6. The van der Waals surface area contributed by atoms with E-state index >= 15 is 0 Å². The maximum atomic E-state index is 4.14. The van der Waals surface area contributed by atoms with Crippen molar-refractivity contribution >= 4 is 0 Å². The third kappa shape index (κ3) is 71.3. The Balaban J connectivity index is -0.000000215. The first-order valence-electron chi connectivity index (χ1n) is 47.8. The van der Waals surface area contributed by atoms with Crippen LogP contribution in [0.15, 0.2) is 93.7 Å². The lowest BCUT2D eigenvalue weighted by atomic mass is 9.79. The Morgan fingerprint density at radius 2 is 0.955 bits per heavy atom. The zero-order valence-corrected chi connectivity index (χ0v) is 85.8. The predicted octanol–water partition coefficient (Wildman–Crippen LogP) is 39.5. The fraction of sp³-hybridized carbons (Fsp3) is 0.855. The van der Waals surface area contributed by atoms with E-state index in [4.69, 9.17) is 0 Å². The summed E-state index contributed by atoms with van der Waals surface area (Å²) in [6, 6.07) is 0. The average Bonchev–Trinajstić information content (AvgIpc) is 1.59. The molecule has 0 aromatic rings. The molecule has 5 unspecified atom stereocenters. The van der Waals surface area contributed by atoms with Gasteiger partial charge in [0, 0.05) is 0 Å². The average molecular weight is 1540 g/mol. The Morgan fingerprint density at radius 1 is 0.491 bits per heavy atom. The van der Waals surface area contributed by atoms with Gasteiger partial charge in [0.05, 0.1) is 0 Å². The predicted molar refractivity (Wildman–Crippen MR) is 520 cm³/mol. The van der Waals surface area contributed by atoms with Crippen molar-refractivity contribution < 1.29 is 0 Å². The van der Waals surface area contributed by atoms with E-state index in [1.54, 1.807) is 33.4 Å². The van der Waals surface area contributed by atoms with Gasteiger partial charge in [0.15, 0.2) is 0 Å². The molecule has 0 N–H and O–H groups in total. The summed E-state index contributed by atoms with van der Waals surface area (Å²) in [5, 5.41) is 0. The molecule has 0 aromatic heterocycles. The van der Waals surface area contributed by atoms with Gasteiger partial charge in [-0.1, -0.05) is 389 Å². The molecule has 0 heterocycles. The fourth-order valence-electron chi connectivity index (χ4n) is 14.2. The molecule has 0 radical (unpaired) electrons. The summed E-state index contributed by atoms with van der Waals surface area (Å²) in [5.41, 5.74) is 15.2. The van der Waals surface area contributed by atoms with Crippen molar-refractivity contribution in [3.63, 3.8) is 0 Å². The zero-order chi connectivity index (χ0) is 87.7. The second kappa shape index (κ2) is 68.9. The quantitative estimate of drug-likeness (QED) is 0.0538. The molecule has 3 fully saturated rings. The highest BCUT2D eigenvalue weighted by Crippen LogP contribution is 2.62. The van der Waals surface area contributed by atoms with Crippen molar-refractivity contribution in [1.82, 2.24) is 0 Å². The van der Waals surface area contributed by atoms with Crippen molar-refractivity contribution in [2.45, 2.75) is 480 Å². The van der Waals surface area contributed by atoms with Crippen molar-refractivity contribution in [1.29, 1.82) is 0 Å². The summed E-state index contributed by atoms with van der Waals surface area (Å²) in [6.07, 6.45) is 43.3. The molecular formula is C110H218. The molecule has 3 aliphatic rings. The summed E-state index contributed by atoms with van der Waals surface area (Å²) in [7, 11) is 0. The van der Waals surface area contributed by atoms with Crippen molar-refractivity contribution in [3.05, 3.63) is 93.7 Å². The Kier molecular flexibility index (Phi) is 75.9. The van der Waals surface area contributed by atoms with Crippen LogP contribution in [-0.4, -0.2) is 0 Å². The molecule has 3 saturated carbocycles. The Bertz CT molecular complexity index is 2340. The molecule has 3 rings (SSSR count). The van der Waals surface area contributed by atoms with Crippen LogP contribution in [0, 0.1) is 135 Å². The molecule has 658 valence electrons. The minimum absolute atomic E-state index is 0.338. The van der Waals surface area contributed by atoms with Crippen LogP contribution in [0.2, 0.25) is 0 Å². The second-order valence-corrected chi connectivity index (χ2v) is 42.4. The maximum absolute atomic E-state index is 4.14. The molecule has 0 aliphatic heterocycles. The Hall–Kier alpha value is -2.08. The van der Waals surface area contributed by atoms with Crippen molar-refractivity contribution in [3.8, 4) is 0 Å². The van der Waals surface area contributed by atoms with Crippen LogP contribution < -0.4 is 0 Å². The van der Waals surface area contributed by atoms with Crippen LogP contribution in [0.1, 0.15) is 480 Å². The van der Waals surface area contributed by atoms with Crippen LogP contribution in [0.4, 0.5) is 0 Å². The molecule has 8 atom stereocenters. The first-order valence-corrected chi connectivity index (χ1v) is 47.8. The summed E-state index contributed by atoms with van der Waals surface area (Å²) in [4.78, 5) is 0. The van der Waals surface area contributed by atoms with Gasteiger partial charge in [-0.3, -0.25) is 0 Å². The largest absolute Gasteiger partial charge is 0.0996 e.